The fourth-order valence-electron chi connectivity index (χ4n) is 5.61. The van der Waals surface area contributed by atoms with Crippen LogP contribution in [0.5, 0.6) is 0 Å². The van der Waals surface area contributed by atoms with Gasteiger partial charge in [-0.3, -0.25) is 0 Å². The van der Waals surface area contributed by atoms with Crippen molar-refractivity contribution in [2.24, 2.45) is 11.8 Å². The maximum atomic E-state index is 4.05. The molecule has 0 aliphatic carbocycles. The third-order valence-corrected chi connectivity index (χ3v) is 7.08. The highest BCUT2D eigenvalue weighted by Crippen LogP contribution is 2.38. The predicted molar refractivity (Wildman–Crippen MR) is 125 cm³/mol. The molecule has 2 unspecified atom stereocenters. The van der Waals surface area contributed by atoms with Gasteiger partial charge in [0.2, 0.25) is 0 Å². The third kappa shape index (κ3) is 6.90. The van der Waals surface area contributed by atoms with Crippen LogP contribution in [0.25, 0.3) is 0 Å². The second-order valence-electron chi connectivity index (χ2n) is 10.1. The number of rotatable bonds is 11. The molecular formula is C27H47N. The second-order valence-corrected chi connectivity index (χ2v) is 10.1. The minimum atomic E-state index is 0.269. The Morgan fingerprint density at radius 1 is 0.929 bits per heavy atom. The molecule has 160 valence electrons. The van der Waals surface area contributed by atoms with Crippen LogP contribution >= 0.6 is 0 Å². The highest BCUT2D eigenvalue weighted by molar-refractivity contribution is 5.34. The number of hydrogen-bond acceptors (Lipinski definition) is 1. The van der Waals surface area contributed by atoms with Gasteiger partial charge in [-0.05, 0) is 47.6 Å². The van der Waals surface area contributed by atoms with Crippen molar-refractivity contribution in [1.82, 2.24) is 5.32 Å². The highest BCUT2D eigenvalue weighted by Gasteiger charge is 2.34. The van der Waals surface area contributed by atoms with Gasteiger partial charge in [0.25, 0.3) is 0 Å². The summed E-state index contributed by atoms with van der Waals surface area (Å²) in [6, 6.07) is 9.79. The molecule has 2 atom stereocenters. The van der Waals surface area contributed by atoms with E-state index in [9.17, 15) is 0 Å². The molecule has 2 rings (SSSR count). The molecule has 1 aliphatic rings. The summed E-state index contributed by atoms with van der Waals surface area (Å²) in [5.74, 6) is 1.57. The van der Waals surface area contributed by atoms with Crippen LogP contribution in [0.2, 0.25) is 0 Å². The van der Waals surface area contributed by atoms with E-state index in [1.807, 2.05) is 0 Å². The molecule has 0 saturated carbocycles. The van der Waals surface area contributed by atoms with Gasteiger partial charge in [-0.1, -0.05) is 110 Å². The van der Waals surface area contributed by atoms with E-state index in [1.54, 1.807) is 5.56 Å². The zero-order valence-corrected chi connectivity index (χ0v) is 19.5. The van der Waals surface area contributed by atoms with Gasteiger partial charge < -0.3 is 5.32 Å². The minimum Gasteiger partial charge on any atom is -0.309 e. The summed E-state index contributed by atoms with van der Waals surface area (Å²) in [5, 5.41) is 4.05. The first-order valence-corrected chi connectivity index (χ1v) is 12.3. The van der Waals surface area contributed by atoms with Crippen LogP contribution in [0.15, 0.2) is 24.3 Å². The monoisotopic (exact) mass is 385 g/mol. The van der Waals surface area contributed by atoms with Crippen molar-refractivity contribution in [3.8, 4) is 0 Å². The van der Waals surface area contributed by atoms with E-state index < -0.39 is 0 Å². The molecule has 1 N–H and O–H groups in total. The van der Waals surface area contributed by atoms with E-state index in [0.29, 0.717) is 6.04 Å². The summed E-state index contributed by atoms with van der Waals surface area (Å²) in [4.78, 5) is 0. The molecule has 0 saturated heterocycles. The van der Waals surface area contributed by atoms with Gasteiger partial charge in [0.15, 0.2) is 0 Å². The molecule has 0 aromatic heterocycles. The molecule has 0 radical (unpaired) electrons. The Labute approximate surface area is 176 Å². The Morgan fingerprint density at radius 3 is 2.14 bits per heavy atom. The Hall–Kier alpha value is -0.820. The number of benzene rings is 1. The predicted octanol–water partition coefficient (Wildman–Crippen LogP) is 8.02. The minimum absolute atomic E-state index is 0.269. The third-order valence-electron chi connectivity index (χ3n) is 7.08. The van der Waals surface area contributed by atoms with Crippen LogP contribution in [0.3, 0.4) is 0 Å². The topological polar surface area (TPSA) is 12.0 Å². The lowest BCUT2D eigenvalue weighted by Gasteiger charge is -2.41. The summed E-state index contributed by atoms with van der Waals surface area (Å²) in [6.45, 7) is 13.1. The van der Waals surface area contributed by atoms with Gasteiger partial charge in [0.05, 0.1) is 0 Å². The van der Waals surface area contributed by atoms with E-state index in [1.165, 1.54) is 76.2 Å². The number of nitrogens with one attached hydrogen (secondary N) is 1. The molecule has 1 aromatic carbocycles. The Kier molecular flexibility index (Phi) is 10.1. The van der Waals surface area contributed by atoms with Crippen molar-refractivity contribution in [3.63, 3.8) is 0 Å². The van der Waals surface area contributed by atoms with Crippen LogP contribution in [-0.4, -0.2) is 6.04 Å². The lowest BCUT2D eigenvalue weighted by Crippen LogP contribution is -2.45. The van der Waals surface area contributed by atoms with Gasteiger partial charge >= 0.3 is 0 Å². The largest absolute Gasteiger partial charge is 0.309 e. The molecule has 1 heterocycles. The molecule has 1 aliphatic heterocycles. The van der Waals surface area contributed by atoms with Crippen LogP contribution in [0.4, 0.5) is 0 Å². The maximum absolute atomic E-state index is 4.05. The lowest BCUT2D eigenvalue weighted by atomic mass is 9.70. The first-order valence-electron chi connectivity index (χ1n) is 12.3. The quantitative estimate of drug-likeness (QED) is 0.380. The standard InChI is InChI=1S/C27H47N/c1-6-8-10-12-16-23(17-13-11-9-7-2)26-22(3)20-27(4,5)25-19-15-14-18-24(25)21-28-26/h14-15,18-19,22-23,26,28H,6-13,16-17,20-21H2,1-5H3. The van der Waals surface area contributed by atoms with Crippen LogP contribution < -0.4 is 5.32 Å². The van der Waals surface area contributed by atoms with E-state index in [4.69, 9.17) is 0 Å². The smallest absolute Gasteiger partial charge is 0.0211 e. The molecule has 1 nitrogen and oxygen atoms in total. The molecule has 0 bridgehead atoms. The average molecular weight is 386 g/mol. The maximum Gasteiger partial charge on any atom is 0.0211 e. The first kappa shape index (κ1) is 23.5. The van der Waals surface area contributed by atoms with E-state index >= 15 is 0 Å². The molecule has 28 heavy (non-hydrogen) atoms. The fourth-order valence-corrected chi connectivity index (χ4v) is 5.61. The van der Waals surface area contributed by atoms with Gasteiger partial charge in [0, 0.05) is 12.6 Å². The molecule has 0 fully saturated rings. The second kappa shape index (κ2) is 12.0. The van der Waals surface area contributed by atoms with Crippen molar-refractivity contribution < 1.29 is 0 Å². The van der Waals surface area contributed by atoms with E-state index in [2.05, 4.69) is 64.2 Å². The van der Waals surface area contributed by atoms with Crippen molar-refractivity contribution in [2.75, 3.05) is 0 Å². The first-order chi connectivity index (χ1) is 13.5. The highest BCUT2D eigenvalue weighted by atomic mass is 14.9. The molecule has 0 spiro atoms. The van der Waals surface area contributed by atoms with Crippen molar-refractivity contribution in [2.45, 2.75) is 123 Å². The Morgan fingerprint density at radius 2 is 1.54 bits per heavy atom. The zero-order chi connectivity index (χ0) is 20.4. The summed E-state index contributed by atoms with van der Waals surface area (Å²) in [6.07, 6.45) is 15.2. The average Bonchev–Trinajstić information content (AvgIpc) is 2.67. The van der Waals surface area contributed by atoms with E-state index in [0.717, 1.165) is 18.4 Å². The molecule has 0 amide bonds. The normalized spacial score (nSPS) is 21.9. The number of unbranched alkanes of at least 4 members (excludes halogenated alkanes) is 6. The zero-order valence-electron chi connectivity index (χ0n) is 19.5. The van der Waals surface area contributed by atoms with Crippen molar-refractivity contribution in [1.29, 1.82) is 0 Å². The summed E-state index contributed by atoms with van der Waals surface area (Å²) in [5.41, 5.74) is 3.33. The van der Waals surface area contributed by atoms with Crippen molar-refractivity contribution >= 4 is 0 Å². The molecular weight excluding hydrogens is 338 g/mol. The van der Waals surface area contributed by atoms with Gasteiger partial charge in [-0.2, -0.15) is 0 Å². The van der Waals surface area contributed by atoms with Gasteiger partial charge in [-0.15, -0.1) is 0 Å². The SMILES string of the molecule is CCCCCCC(CCCCCC)C1NCc2ccccc2C(C)(C)CC1C. The summed E-state index contributed by atoms with van der Waals surface area (Å²) < 4.78 is 0. The van der Waals surface area contributed by atoms with Crippen LogP contribution in [-0.2, 0) is 12.0 Å². The number of hydrogen-bond donors (Lipinski definition) is 1. The summed E-state index contributed by atoms with van der Waals surface area (Å²) in [7, 11) is 0. The Bertz CT molecular complexity index is 535. The van der Waals surface area contributed by atoms with Crippen LogP contribution in [0.1, 0.15) is 116 Å². The van der Waals surface area contributed by atoms with Crippen molar-refractivity contribution in [3.05, 3.63) is 35.4 Å². The van der Waals surface area contributed by atoms with E-state index in [-0.39, 0.29) is 5.41 Å². The summed E-state index contributed by atoms with van der Waals surface area (Å²) >= 11 is 0. The molecule has 1 aromatic rings. The molecule has 1 heteroatoms. The van der Waals surface area contributed by atoms with Gasteiger partial charge in [-0.25, -0.2) is 0 Å². The van der Waals surface area contributed by atoms with Gasteiger partial charge in [0.1, 0.15) is 0 Å². The van der Waals surface area contributed by atoms with Crippen LogP contribution in [0, 0.1) is 11.8 Å². The lowest BCUT2D eigenvalue weighted by molar-refractivity contribution is 0.195. The number of fused-ring (bicyclic) bond motifs is 1. The fraction of sp³-hybridized carbons (Fsp3) is 0.778. The Balaban J connectivity index is 2.11.